The predicted molar refractivity (Wildman–Crippen MR) is 61.4 cm³/mol. The van der Waals surface area contributed by atoms with E-state index < -0.39 is 0 Å². The normalized spacial score (nSPS) is 10.6. The summed E-state index contributed by atoms with van der Waals surface area (Å²) in [5.74, 6) is 0. The van der Waals surface area contributed by atoms with Gasteiger partial charge < -0.3 is 5.73 Å². The molecule has 0 amide bonds. The highest BCUT2D eigenvalue weighted by Crippen LogP contribution is 2.12. The maximum absolute atomic E-state index is 11.6. The average molecular weight is 237 g/mol. The monoisotopic (exact) mass is 237 g/mol. The Balaban J connectivity index is 2.38. The molecule has 0 saturated heterocycles. The van der Waals surface area contributed by atoms with Gasteiger partial charge in [-0.1, -0.05) is 11.3 Å². The molecule has 6 nitrogen and oxygen atoms in total. The van der Waals surface area contributed by atoms with Gasteiger partial charge >= 0.3 is 5.69 Å². The van der Waals surface area contributed by atoms with E-state index in [1.807, 2.05) is 13.0 Å². The predicted octanol–water partition coefficient (Wildman–Crippen LogP) is 0.342. The van der Waals surface area contributed by atoms with E-state index in [1.54, 1.807) is 11.5 Å². The van der Waals surface area contributed by atoms with Gasteiger partial charge in [-0.15, -0.1) is 10.2 Å². The number of nitrogen functional groups attached to an aromatic ring is 1. The molecule has 0 unspecified atom stereocenters. The zero-order chi connectivity index (χ0) is 11.7. The van der Waals surface area contributed by atoms with E-state index in [1.165, 1.54) is 11.3 Å². The lowest BCUT2D eigenvalue weighted by Gasteiger charge is -2.06. The minimum Gasteiger partial charge on any atom is -0.374 e. The number of aryl methyl sites for hydroxylation is 2. The molecule has 16 heavy (non-hydrogen) atoms. The van der Waals surface area contributed by atoms with Crippen molar-refractivity contribution in [3.8, 4) is 0 Å². The molecule has 2 rings (SSSR count). The standard InChI is InChI=1S/C9H11N5OS/c1-5-3-6(2)14(9(15)11-5)4-7-12-13-8(10)16-7/h3H,4H2,1-2H3,(H2,10,13). The summed E-state index contributed by atoms with van der Waals surface area (Å²) in [4.78, 5) is 15.5. The van der Waals surface area contributed by atoms with E-state index in [4.69, 9.17) is 5.73 Å². The third-order valence-corrected chi connectivity index (χ3v) is 2.86. The van der Waals surface area contributed by atoms with Gasteiger partial charge in [0.2, 0.25) is 5.13 Å². The first-order valence-corrected chi connectivity index (χ1v) is 5.51. The molecule has 0 bridgehead atoms. The fraction of sp³-hybridized carbons (Fsp3) is 0.333. The molecule has 84 valence electrons. The van der Waals surface area contributed by atoms with Crippen LogP contribution in [-0.2, 0) is 6.54 Å². The molecular weight excluding hydrogens is 226 g/mol. The lowest BCUT2D eigenvalue weighted by atomic mass is 10.3. The zero-order valence-electron chi connectivity index (χ0n) is 8.97. The first kappa shape index (κ1) is 10.7. The highest BCUT2D eigenvalue weighted by atomic mass is 32.1. The van der Waals surface area contributed by atoms with Gasteiger partial charge in [-0.25, -0.2) is 4.79 Å². The topological polar surface area (TPSA) is 86.7 Å². The van der Waals surface area contributed by atoms with E-state index in [-0.39, 0.29) is 5.69 Å². The Kier molecular flexibility index (Phi) is 2.69. The highest BCUT2D eigenvalue weighted by Gasteiger charge is 2.07. The van der Waals surface area contributed by atoms with Crippen LogP contribution in [0.5, 0.6) is 0 Å². The van der Waals surface area contributed by atoms with Crippen molar-refractivity contribution in [2.24, 2.45) is 0 Å². The number of aromatic nitrogens is 4. The van der Waals surface area contributed by atoms with Gasteiger partial charge in [0.1, 0.15) is 5.01 Å². The fourth-order valence-electron chi connectivity index (χ4n) is 1.43. The number of hydrogen-bond acceptors (Lipinski definition) is 6. The third-order valence-electron chi connectivity index (χ3n) is 2.12. The molecule has 2 aromatic rings. The van der Waals surface area contributed by atoms with Crippen LogP contribution < -0.4 is 11.4 Å². The van der Waals surface area contributed by atoms with E-state index in [0.717, 1.165) is 11.4 Å². The Bertz CT molecular complexity index is 574. The maximum atomic E-state index is 11.6. The minimum absolute atomic E-state index is 0.272. The molecule has 2 N–H and O–H groups in total. The molecule has 0 atom stereocenters. The van der Waals surface area contributed by atoms with Crippen LogP contribution in [-0.4, -0.2) is 19.7 Å². The van der Waals surface area contributed by atoms with Gasteiger partial charge in [0, 0.05) is 11.4 Å². The SMILES string of the molecule is Cc1cc(C)n(Cc2nnc(N)s2)c(=O)n1. The molecule has 0 aromatic carbocycles. The summed E-state index contributed by atoms with van der Waals surface area (Å²) >= 11 is 1.27. The summed E-state index contributed by atoms with van der Waals surface area (Å²) in [7, 11) is 0. The smallest absolute Gasteiger partial charge is 0.348 e. The Labute approximate surface area is 95.8 Å². The zero-order valence-corrected chi connectivity index (χ0v) is 9.78. The summed E-state index contributed by atoms with van der Waals surface area (Å²) in [5.41, 5.74) is 6.77. The van der Waals surface area contributed by atoms with Gasteiger partial charge in [-0.2, -0.15) is 4.98 Å². The van der Waals surface area contributed by atoms with Crippen LogP contribution in [0, 0.1) is 13.8 Å². The van der Waals surface area contributed by atoms with Crippen molar-refractivity contribution < 1.29 is 0 Å². The molecule has 0 saturated carbocycles. The molecule has 7 heteroatoms. The van der Waals surface area contributed by atoms with E-state index >= 15 is 0 Å². The minimum atomic E-state index is -0.272. The van der Waals surface area contributed by atoms with Crippen molar-refractivity contribution in [1.82, 2.24) is 19.7 Å². The molecule has 0 spiro atoms. The van der Waals surface area contributed by atoms with E-state index in [2.05, 4.69) is 15.2 Å². The highest BCUT2D eigenvalue weighted by molar-refractivity contribution is 7.15. The molecule has 0 aliphatic heterocycles. The van der Waals surface area contributed by atoms with Crippen molar-refractivity contribution in [2.45, 2.75) is 20.4 Å². The second-order valence-electron chi connectivity index (χ2n) is 3.44. The number of anilines is 1. The van der Waals surface area contributed by atoms with Crippen LogP contribution in [0.25, 0.3) is 0 Å². The Hall–Kier alpha value is -1.76. The van der Waals surface area contributed by atoms with Crippen LogP contribution in [0.4, 0.5) is 5.13 Å². The van der Waals surface area contributed by atoms with Crippen molar-refractivity contribution in [2.75, 3.05) is 5.73 Å². The number of rotatable bonds is 2. The summed E-state index contributed by atoms with van der Waals surface area (Å²) < 4.78 is 1.55. The average Bonchev–Trinajstić information content (AvgIpc) is 2.58. The second kappa shape index (κ2) is 4.01. The Morgan fingerprint density at radius 3 is 2.75 bits per heavy atom. The van der Waals surface area contributed by atoms with Gasteiger partial charge in [-0.3, -0.25) is 4.57 Å². The maximum Gasteiger partial charge on any atom is 0.348 e. The second-order valence-corrected chi connectivity index (χ2v) is 4.54. The molecule has 2 aromatic heterocycles. The number of nitrogens with zero attached hydrogens (tertiary/aromatic N) is 4. The van der Waals surface area contributed by atoms with Gasteiger partial charge in [0.05, 0.1) is 6.54 Å². The summed E-state index contributed by atoms with van der Waals surface area (Å²) in [6, 6.07) is 1.85. The van der Waals surface area contributed by atoms with Crippen molar-refractivity contribution in [3.63, 3.8) is 0 Å². The molecular formula is C9H11N5OS. The van der Waals surface area contributed by atoms with E-state index in [9.17, 15) is 4.79 Å². The van der Waals surface area contributed by atoms with Crippen molar-refractivity contribution >= 4 is 16.5 Å². The third kappa shape index (κ3) is 2.08. The quantitative estimate of drug-likeness (QED) is 0.814. The first-order valence-electron chi connectivity index (χ1n) is 4.69. The Morgan fingerprint density at radius 2 is 2.19 bits per heavy atom. The summed E-state index contributed by atoms with van der Waals surface area (Å²) in [5, 5.41) is 8.68. The van der Waals surface area contributed by atoms with Crippen molar-refractivity contribution in [3.05, 3.63) is 32.9 Å². The van der Waals surface area contributed by atoms with Crippen molar-refractivity contribution in [1.29, 1.82) is 0 Å². The molecule has 2 heterocycles. The molecule has 0 radical (unpaired) electrons. The van der Waals surface area contributed by atoms with Gasteiger partial charge in [0.25, 0.3) is 0 Å². The van der Waals surface area contributed by atoms with Crippen LogP contribution in [0.1, 0.15) is 16.4 Å². The molecule has 0 aliphatic carbocycles. The molecule has 0 fully saturated rings. The van der Waals surface area contributed by atoms with Crippen LogP contribution in [0.15, 0.2) is 10.9 Å². The fourth-order valence-corrected chi connectivity index (χ4v) is 2.03. The Morgan fingerprint density at radius 1 is 1.44 bits per heavy atom. The largest absolute Gasteiger partial charge is 0.374 e. The van der Waals surface area contributed by atoms with Crippen LogP contribution >= 0.6 is 11.3 Å². The summed E-state index contributed by atoms with van der Waals surface area (Å²) in [6.45, 7) is 4.02. The lowest BCUT2D eigenvalue weighted by molar-refractivity contribution is 0.685. The summed E-state index contributed by atoms with van der Waals surface area (Å²) in [6.07, 6.45) is 0. The van der Waals surface area contributed by atoms with E-state index in [0.29, 0.717) is 16.7 Å². The number of hydrogen-bond donors (Lipinski definition) is 1. The lowest BCUT2D eigenvalue weighted by Crippen LogP contribution is -2.26. The van der Waals surface area contributed by atoms with Crippen LogP contribution in [0.2, 0.25) is 0 Å². The first-order chi connectivity index (χ1) is 7.56. The van der Waals surface area contributed by atoms with Crippen LogP contribution in [0.3, 0.4) is 0 Å². The number of nitrogens with two attached hydrogens (primary N) is 1. The molecule has 0 aliphatic rings. The van der Waals surface area contributed by atoms with Gasteiger partial charge in [0.15, 0.2) is 0 Å². The van der Waals surface area contributed by atoms with Gasteiger partial charge in [-0.05, 0) is 19.9 Å².